The van der Waals surface area contributed by atoms with Gasteiger partial charge in [-0.3, -0.25) is 0 Å². The van der Waals surface area contributed by atoms with Crippen molar-refractivity contribution in [1.29, 1.82) is 5.26 Å². The first kappa shape index (κ1) is 25.6. The Morgan fingerprint density at radius 2 is 1.29 bits per heavy atom. The third-order valence-electron chi connectivity index (χ3n) is 4.72. The Morgan fingerprint density at radius 1 is 0.742 bits per heavy atom. The van der Waals surface area contributed by atoms with Gasteiger partial charge in [0.05, 0.1) is 18.2 Å². The molecule has 0 radical (unpaired) electrons. The second kappa shape index (κ2) is 10.7. The minimum atomic E-state index is -2.06. The standard InChI is InChI=1S/C24H37NO3Si3/c1-29(2,3)27-31(6,7)28-30(4,5)19-9-8-18-26-24-16-14-23(15-17-24)22-12-10-21(20-25)11-13-22/h10-17H,8-9,18-19H2,1-7H3. The van der Waals surface area contributed by atoms with Crippen molar-refractivity contribution in [3.05, 3.63) is 54.1 Å². The van der Waals surface area contributed by atoms with E-state index in [4.69, 9.17) is 18.2 Å². The van der Waals surface area contributed by atoms with Gasteiger partial charge in [0, 0.05) is 0 Å². The van der Waals surface area contributed by atoms with Crippen LogP contribution in [-0.4, -0.2) is 31.8 Å². The molecule has 0 fully saturated rings. The fraction of sp³-hybridized carbons (Fsp3) is 0.458. The number of hydrogen-bond acceptors (Lipinski definition) is 4. The van der Waals surface area contributed by atoms with Crippen LogP contribution in [0.2, 0.25) is 51.9 Å². The molecule has 7 heteroatoms. The highest BCUT2D eigenvalue weighted by Crippen LogP contribution is 2.25. The van der Waals surface area contributed by atoms with E-state index in [9.17, 15) is 0 Å². The molecule has 2 aromatic rings. The van der Waals surface area contributed by atoms with Gasteiger partial charge in [-0.15, -0.1) is 0 Å². The summed E-state index contributed by atoms with van der Waals surface area (Å²) in [5, 5.41) is 8.92. The highest BCUT2D eigenvalue weighted by atomic mass is 28.5. The Labute approximate surface area is 191 Å². The van der Waals surface area contributed by atoms with Gasteiger partial charge in [0.15, 0.2) is 16.6 Å². The molecule has 0 aliphatic heterocycles. The van der Waals surface area contributed by atoms with Crippen LogP contribution in [0, 0.1) is 11.3 Å². The molecule has 0 saturated carbocycles. The van der Waals surface area contributed by atoms with E-state index in [1.165, 1.54) is 0 Å². The third kappa shape index (κ3) is 9.54. The van der Waals surface area contributed by atoms with E-state index < -0.39 is 25.2 Å². The maximum absolute atomic E-state index is 8.92. The van der Waals surface area contributed by atoms with Crippen molar-refractivity contribution in [2.75, 3.05) is 6.61 Å². The van der Waals surface area contributed by atoms with E-state index in [-0.39, 0.29) is 0 Å². The van der Waals surface area contributed by atoms with Crippen molar-refractivity contribution < 1.29 is 13.0 Å². The summed E-state index contributed by atoms with van der Waals surface area (Å²) in [5.74, 6) is 0.891. The molecule has 2 aromatic carbocycles. The lowest BCUT2D eigenvalue weighted by Gasteiger charge is -2.37. The highest BCUT2D eigenvalue weighted by Gasteiger charge is 2.37. The zero-order chi connectivity index (χ0) is 23.1. The molecule has 0 aliphatic rings. The zero-order valence-electron chi connectivity index (χ0n) is 20.1. The molecule has 0 N–H and O–H groups in total. The molecule has 31 heavy (non-hydrogen) atoms. The smallest absolute Gasteiger partial charge is 0.311 e. The van der Waals surface area contributed by atoms with E-state index in [0.29, 0.717) is 12.2 Å². The van der Waals surface area contributed by atoms with Crippen LogP contribution < -0.4 is 4.74 Å². The van der Waals surface area contributed by atoms with Crippen molar-refractivity contribution in [1.82, 2.24) is 0 Å². The SMILES string of the molecule is C[Si](C)(C)O[Si](C)(C)O[Si](C)(C)CCCCOc1ccc(-c2ccc(C#N)cc2)cc1. The first-order chi connectivity index (χ1) is 14.4. The Bertz CT molecular complexity index is 867. The van der Waals surface area contributed by atoms with Crippen molar-refractivity contribution in [3.63, 3.8) is 0 Å². The van der Waals surface area contributed by atoms with Crippen LogP contribution in [-0.2, 0) is 8.23 Å². The van der Waals surface area contributed by atoms with Crippen LogP contribution in [0.3, 0.4) is 0 Å². The Balaban J connectivity index is 1.75. The van der Waals surface area contributed by atoms with Crippen molar-refractivity contribution >= 4 is 25.2 Å². The van der Waals surface area contributed by atoms with Gasteiger partial charge in [0.2, 0.25) is 0 Å². The Morgan fingerprint density at radius 3 is 1.81 bits per heavy atom. The van der Waals surface area contributed by atoms with Crippen LogP contribution in [0.4, 0.5) is 0 Å². The largest absolute Gasteiger partial charge is 0.494 e. The molecule has 2 rings (SSSR count). The van der Waals surface area contributed by atoms with Crippen molar-refractivity contribution in [2.45, 2.75) is 64.7 Å². The summed E-state index contributed by atoms with van der Waals surface area (Å²) >= 11 is 0. The Kier molecular flexibility index (Phi) is 8.86. The summed E-state index contributed by atoms with van der Waals surface area (Å²) in [7, 11) is -5.37. The van der Waals surface area contributed by atoms with E-state index in [1.54, 1.807) is 0 Å². The predicted octanol–water partition coefficient (Wildman–Crippen LogP) is 7.16. The molecule has 4 nitrogen and oxygen atoms in total. The van der Waals surface area contributed by atoms with Crippen molar-refractivity contribution in [2.24, 2.45) is 0 Å². The second-order valence-corrected chi connectivity index (χ2v) is 22.7. The molecule has 0 bridgehead atoms. The molecule has 0 atom stereocenters. The summed E-state index contributed by atoms with van der Waals surface area (Å²) in [6.45, 7) is 16.4. The van der Waals surface area contributed by atoms with Gasteiger partial charge < -0.3 is 13.0 Å². The summed E-state index contributed by atoms with van der Waals surface area (Å²) in [6, 6.07) is 19.0. The number of rotatable bonds is 11. The Hall–Kier alpha value is -1.70. The van der Waals surface area contributed by atoms with E-state index >= 15 is 0 Å². The minimum absolute atomic E-state index is 0.676. The normalized spacial score (nSPS) is 12.5. The maximum atomic E-state index is 8.92. The lowest BCUT2D eigenvalue weighted by Crippen LogP contribution is -2.51. The second-order valence-electron chi connectivity index (χ2n) is 10.00. The quantitative estimate of drug-likeness (QED) is 0.258. The third-order valence-corrected chi connectivity index (χ3v) is 14.9. The number of nitrogens with zero attached hydrogens (tertiary/aromatic N) is 1. The molecule has 0 heterocycles. The zero-order valence-corrected chi connectivity index (χ0v) is 23.1. The fourth-order valence-corrected chi connectivity index (χ4v) is 17.1. The summed E-state index contributed by atoms with van der Waals surface area (Å²) < 4.78 is 18.9. The van der Waals surface area contributed by atoms with Gasteiger partial charge in [-0.2, -0.15) is 5.26 Å². The van der Waals surface area contributed by atoms with Gasteiger partial charge >= 0.3 is 8.56 Å². The topological polar surface area (TPSA) is 51.5 Å². The first-order valence-corrected chi connectivity index (χ1v) is 20.4. The summed E-state index contributed by atoms with van der Waals surface area (Å²) in [4.78, 5) is 0. The highest BCUT2D eigenvalue weighted by molar-refractivity contribution is 6.87. The van der Waals surface area contributed by atoms with Crippen LogP contribution in [0.15, 0.2) is 48.5 Å². The van der Waals surface area contributed by atoms with Gasteiger partial charge in [-0.25, -0.2) is 0 Å². The molecule has 168 valence electrons. The van der Waals surface area contributed by atoms with Gasteiger partial charge in [0.25, 0.3) is 0 Å². The molecule has 0 amide bonds. The van der Waals surface area contributed by atoms with Gasteiger partial charge in [0.1, 0.15) is 5.75 Å². The van der Waals surface area contributed by atoms with E-state index in [2.05, 4.69) is 64.0 Å². The summed E-state index contributed by atoms with van der Waals surface area (Å²) in [6.07, 6.45) is 2.13. The monoisotopic (exact) mass is 471 g/mol. The van der Waals surface area contributed by atoms with Gasteiger partial charge in [-0.05, 0) is 93.7 Å². The van der Waals surface area contributed by atoms with Crippen LogP contribution >= 0.6 is 0 Å². The maximum Gasteiger partial charge on any atom is 0.311 e. The van der Waals surface area contributed by atoms with Crippen molar-refractivity contribution in [3.8, 4) is 22.9 Å². The molecule has 0 aliphatic carbocycles. The number of hydrogen-bond donors (Lipinski definition) is 0. The molecule has 0 saturated heterocycles. The van der Waals surface area contributed by atoms with E-state index in [0.717, 1.165) is 35.8 Å². The lowest BCUT2D eigenvalue weighted by molar-refractivity contribution is 0.308. The van der Waals surface area contributed by atoms with E-state index in [1.807, 2.05) is 36.4 Å². The van der Waals surface area contributed by atoms with Crippen LogP contribution in [0.1, 0.15) is 18.4 Å². The number of benzene rings is 2. The number of ether oxygens (including phenoxy) is 1. The minimum Gasteiger partial charge on any atom is -0.494 e. The number of unbranched alkanes of at least 4 members (excludes halogenated alkanes) is 1. The average Bonchev–Trinajstić information content (AvgIpc) is 2.65. The lowest BCUT2D eigenvalue weighted by atomic mass is 10.0. The molecular weight excluding hydrogens is 435 g/mol. The molecule has 0 spiro atoms. The fourth-order valence-electron chi connectivity index (χ4n) is 3.80. The number of nitriles is 1. The molecule has 0 unspecified atom stereocenters. The molecular formula is C24H37NO3Si3. The molecule has 0 aromatic heterocycles. The average molecular weight is 472 g/mol. The van der Waals surface area contributed by atoms with Gasteiger partial charge in [-0.1, -0.05) is 30.7 Å². The first-order valence-electron chi connectivity index (χ1n) is 11.0. The predicted molar refractivity (Wildman–Crippen MR) is 137 cm³/mol. The summed E-state index contributed by atoms with van der Waals surface area (Å²) in [5.41, 5.74) is 2.89. The van der Waals surface area contributed by atoms with Crippen LogP contribution in [0.5, 0.6) is 5.75 Å². The van der Waals surface area contributed by atoms with Crippen LogP contribution in [0.25, 0.3) is 11.1 Å².